The molecule has 0 spiro atoms. The van der Waals surface area contributed by atoms with E-state index in [2.05, 4.69) is 26.2 Å². The van der Waals surface area contributed by atoms with Gasteiger partial charge in [0.05, 0.1) is 12.1 Å². The number of nitrogens with zero attached hydrogens (tertiary/aromatic N) is 2. The maximum absolute atomic E-state index is 12.4. The molecule has 1 N–H and O–H groups in total. The number of aromatic nitrogens is 1. The Morgan fingerprint density at radius 3 is 2.52 bits per heavy atom. The fourth-order valence-electron chi connectivity index (χ4n) is 2.45. The van der Waals surface area contributed by atoms with Gasteiger partial charge in [-0.1, -0.05) is 46.3 Å². The molecule has 0 aliphatic carbocycles. The Kier molecular flexibility index (Phi) is 6.36. The number of carbonyl (C=O) groups is 2. The van der Waals surface area contributed by atoms with Crippen molar-refractivity contribution < 1.29 is 9.59 Å². The molecule has 2 amide bonds. The molecule has 0 saturated heterocycles. The van der Waals surface area contributed by atoms with Gasteiger partial charge in [-0.3, -0.25) is 14.9 Å². The zero-order valence-corrected chi connectivity index (χ0v) is 17.1. The first-order valence-corrected chi connectivity index (χ1v) is 9.98. The van der Waals surface area contributed by atoms with Gasteiger partial charge < -0.3 is 4.90 Å². The summed E-state index contributed by atoms with van der Waals surface area (Å²) in [4.78, 5) is 30.6. The summed E-state index contributed by atoms with van der Waals surface area (Å²) in [7, 11) is 1.77. The van der Waals surface area contributed by atoms with Crippen molar-refractivity contribution in [3.05, 3.63) is 81.3 Å². The molecule has 0 bridgehead atoms. The van der Waals surface area contributed by atoms with Gasteiger partial charge >= 0.3 is 0 Å². The zero-order chi connectivity index (χ0) is 19.2. The molecule has 0 unspecified atom stereocenters. The second-order valence-corrected chi connectivity index (χ2v) is 7.79. The molecule has 1 aromatic heterocycles. The van der Waals surface area contributed by atoms with Gasteiger partial charge in [-0.15, -0.1) is 11.3 Å². The fourth-order valence-corrected chi connectivity index (χ4v) is 3.42. The smallest absolute Gasteiger partial charge is 0.257 e. The van der Waals surface area contributed by atoms with Crippen molar-refractivity contribution in [1.82, 2.24) is 9.88 Å². The Labute approximate surface area is 170 Å². The Morgan fingerprint density at radius 1 is 1.11 bits per heavy atom. The van der Waals surface area contributed by atoms with Crippen molar-refractivity contribution >= 4 is 44.2 Å². The monoisotopic (exact) mass is 443 g/mol. The molecule has 1 heterocycles. The molecule has 27 heavy (non-hydrogen) atoms. The summed E-state index contributed by atoms with van der Waals surface area (Å²) in [5, 5.41) is 5.05. The second-order valence-electron chi connectivity index (χ2n) is 6.02. The molecule has 0 fully saturated rings. The number of carbonyl (C=O) groups excluding carboxylic acids is 2. The molecule has 0 saturated carbocycles. The molecular formula is C20H18BrN3O2S. The molecule has 2 aromatic carbocycles. The van der Waals surface area contributed by atoms with Crippen LogP contribution in [0.1, 0.15) is 21.6 Å². The molecule has 0 aliphatic heterocycles. The lowest BCUT2D eigenvalue weighted by atomic mass is 10.2. The van der Waals surface area contributed by atoms with Gasteiger partial charge in [0, 0.05) is 29.0 Å². The normalized spacial score (nSPS) is 10.4. The van der Waals surface area contributed by atoms with Gasteiger partial charge in [-0.2, -0.15) is 0 Å². The van der Waals surface area contributed by atoms with Gasteiger partial charge in [0.1, 0.15) is 0 Å². The number of benzene rings is 2. The second kappa shape index (κ2) is 8.92. The number of thiazole rings is 1. The molecule has 3 rings (SSSR count). The summed E-state index contributed by atoms with van der Waals surface area (Å²) < 4.78 is 1.01. The molecular weight excluding hydrogens is 426 g/mol. The van der Waals surface area contributed by atoms with Crippen LogP contribution in [0.25, 0.3) is 0 Å². The highest BCUT2D eigenvalue weighted by molar-refractivity contribution is 9.10. The number of hydrogen-bond acceptors (Lipinski definition) is 4. The van der Waals surface area contributed by atoms with Gasteiger partial charge in [0.15, 0.2) is 5.13 Å². The summed E-state index contributed by atoms with van der Waals surface area (Å²) in [5.74, 6) is -0.237. The van der Waals surface area contributed by atoms with E-state index in [4.69, 9.17) is 0 Å². The molecule has 7 heteroatoms. The topological polar surface area (TPSA) is 62.3 Å². The highest BCUT2D eigenvalue weighted by Crippen LogP contribution is 2.18. The maximum atomic E-state index is 12.4. The van der Waals surface area contributed by atoms with E-state index in [0.717, 1.165) is 10.0 Å². The number of rotatable bonds is 6. The number of halogens is 1. The predicted molar refractivity (Wildman–Crippen MR) is 111 cm³/mol. The summed E-state index contributed by atoms with van der Waals surface area (Å²) >= 11 is 4.71. The fraction of sp³-hybridized carbons (Fsp3) is 0.150. The van der Waals surface area contributed by atoms with E-state index in [1.165, 1.54) is 11.3 Å². The highest BCUT2D eigenvalue weighted by Gasteiger charge is 2.14. The van der Waals surface area contributed by atoms with Crippen molar-refractivity contribution in [3.63, 3.8) is 0 Å². The Morgan fingerprint density at radius 2 is 1.81 bits per heavy atom. The lowest BCUT2D eigenvalue weighted by Gasteiger charge is -2.16. The van der Waals surface area contributed by atoms with Crippen LogP contribution in [0.5, 0.6) is 0 Å². The Hall–Kier alpha value is -2.51. The molecule has 5 nitrogen and oxygen atoms in total. The number of likely N-dealkylation sites (N-methyl/N-ethyl adjacent to an activating group) is 1. The number of hydrogen-bond donors (Lipinski definition) is 1. The van der Waals surface area contributed by atoms with E-state index >= 15 is 0 Å². The van der Waals surface area contributed by atoms with Crippen molar-refractivity contribution in [1.29, 1.82) is 0 Å². The van der Waals surface area contributed by atoms with Crippen LogP contribution in [-0.2, 0) is 17.8 Å². The minimum atomic E-state index is -0.213. The van der Waals surface area contributed by atoms with Crippen LogP contribution >= 0.6 is 27.3 Å². The average Bonchev–Trinajstić information content (AvgIpc) is 3.11. The van der Waals surface area contributed by atoms with E-state index in [0.29, 0.717) is 22.9 Å². The molecule has 0 atom stereocenters. The third kappa shape index (κ3) is 5.48. The van der Waals surface area contributed by atoms with E-state index in [9.17, 15) is 9.59 Å². The van der Waals surface area contributed by atoms with Crippen LogP contribution < -0.4 is 5.32 Å². The summed E-state index contributed by atoms with van der Waals surface area (Å²) in [6.45, 7) is 0.536. The van der Waals surface area contributed by atoms with Crippen molar-refractivity contribution in [2.75, 3.05) is 12.4 Å². The number of amides is 2. The first-order valence-electron chi connectivity index (χ1n) is 8.30. The van der Waals surface area contributed by atoms with E-state index in [1.54, 1.807) is 29.5 Å². The van der Waals surface area contributed by atoms with Gasteiger partial charge in [-0.25, -0.2) is 4.98 Å². The summed E-state index contributed by atoms with van der Waals surface area (Å²) in [5.41, 5.74) is 2.28. The van der Waals surface area contributed by atoms with Crippen LogP contribution in [0.4, 0.5) is 5.13 Å². The first kappa shape index (κ1) is 19.3. The maximum Gasteiger partial charge on any atom is 0.257 e. The van der Waals surface area contributed by atoms with E-state index in [1.807, 2.05) is 42.5 Å². The number of anilines is 1. The molecule has 0 radical (unpaired) electrons. The van der Waals surface area contributed by atoms with Crippen LogP contribution in [-0.4, -0.2) is 28.7 Å². The van der Waals surface area contributed by atoms with Gasteiger partial charge in [-0.05, 0) is 29.8 Å². The van der Waals surface area contributed by atoms with E-state index < -0.39 is 0 Å². The van der Waals surface area contributed by atoms with E-state index in [-0.39, 0.29) is 18.2 Å². The Balaban J connectivity index is 1.55. The average molecular weight is 444 g/mol. The quantitative estimate of drug-likeness (QED) is 0.615. The largest absolute Gasteiger partial charge is 0.341 e. The number of nitrogens with one attached hydrogen (secondary N) is 1. The summed E-state index contributed by atoms with van der Waals surface area (Å²) in [6, 6.07) is 16.8. The van der Waals surface area contributed by atoms with Crippen LogP contribution in [0, 0.1) is 0 Å². The van der Waals surface area contributed by atoms with Crippen LogP contribution in [0.2, 0.25) is 0 Å². The lowest BCUT2D eigenvalue weighted by Crippen LogP contribution is -2.27. The standard InChI is InChI=1S/C20H18BrN3O2S/c1-24(12-14-7-9-16(21)10-8-14)18(25)11-17-13-27-20(22-17)23-19(26)15-5-3-2-4-6-15/h2-10,13H,11-12H2,1H3,(H,22,23,26). The Bertz CT molecular complexity index is 926. The van der Waals surface area contributed by atoms with Gasteiger partial charge in [0.25, 0.3) is 5.91 Å². The minimum Gasteiger partial charge on any atom is -0.341 e. The van der Waals surface area contributed by atoms with Crippen LogP contribution in [0.3, 0.4) is 0 Å². The highest BCUT2D eigenvalue weighted by atomic mass is 79.9. The zero-order valence-electron chi connectivity index (χ0n) is 14.7. The van der Waals surface area contributed by atoms with Crippen molar-refractivity contribution in [2.24, 2.45) is 0 Å². The molecule has 138 valence electrons. The first-order chi connectivity index (χ1) is 13.0. The SMILES string of the molecule is CN(Cc1ccc(Br)cc1)C(=O)Cc1csc(NC(=O)c2ccccc2)n1. The lowest BCUT2D eigenvalue weighted by molar-refractivity contribution is -0.129. The molecule has 0 aliphatic rings. The predicted octanol–water partition coefficient (Wildman–Crippen LogP) is 4.36. The van der Waals surface area contributed by atoms with Crippen molar-refractivity contribution in [2.45, 2.75) is 13.0 Å². The van der Waals surface area contributed by atoms with Gasteiger partial charge in [0.2, 0.25) is 5.91 Å². The third-order valence-electron chi connectivity index (χ3n) is 3.90. The minimum absolute atomic E-state index is 0.0239. The summed E-state index contributed by atoms with van der Waals surface area (Å²) in [6.07, 6.45) is 0.199. The molecule has 3 aromatic rings. The van der Waals surface area contributed by atoms with Crippen LogP contribution in [0.15, 0.2) is 64.5 Å². The van der Waals surface area contributed by atoms with Crippen molar-refractivity contribution in [3.8, 4) is 0 Å². The third-order valence-corrected chi connectivity index (χ3v) is 5.23.